The van der Waals surface area contributed by atoms with Crippen LogP contribution in [0.1, 0.15) is 77.0 Å². The van der Waals surface area contributed by atoms with Gasteiger partial charge in [-0.3, -0.25) is 4.79 Å². The van der Waals surface area contributed by atoms with Gasteiger partial charge >= 0.3 is 5.97 Å². The monoisotopic (exact) mass is 433 g/mol. The van der Waals surface area contributed by atoms with Gasteiger partial charge in [-0.25, -0.2) is 0 Å². The van der Waals surface area contributed by atoms with Crippen LogP contribution in [-0.2, 0) is 23.7 Å². The van der Waals surface area contributed by atoms with E-state index in [4.69, 9.17) is 29.3 Å². The summed E-state index contributed by atoms with van der Waals surface area (Å²) in [7, 11) is 0. The van der Waals surface area contributed by atoms with Crippen molar-refractivity contribution in [2.24, 2.45) is 0 Å². The first kappa shape index (κ1) is 27.0. The number of rotatable bonds is 9. The average Bonchev–Trinajstić information content (AvgIpc) is 2.79. The minimum absolute atomic E-state index is 0.0489. The van der Waals surface area contributed by atoms with Crippen molar-refractivity contribution >= 4 is 5.97 Å². The third-order valence-electron chi connectivity index (χ3n) is 4.49. The highest BCUT2D eigenvalue weighted by molar-refractivity contribution is 5.66. The predicted octanol–water partition coefficient (Wildman–Crippen LogP) is 4.01. The third kappa shape index (κ3) is 17.3. The zero-order chi connectivity index (χ0) is 22.4. The Morgan fingerprint density at radius 3 is 1.84 bits per heavy atom. The van der Waals surface area contributed by atoms with Crippen molar-refractivity contribution in [2.75, 3.05) is 26.4 Å². The van der Waals surface area contributed by atoms with Crippen LogP contribution in [0.25, 0.3) is 0 Å². The summed E-state index contributed by atoms with van der Waals surface area (Å²) in [5.74, 6) is 10.9. The first-order valence-corrected chi connectivity index (χ1v) is 11.2. The summed E-state index contributed by atoms with van der Waals surface area (Å²) < 4.78 is 21.6. The van der Waals surface area contributed by atoms with Crippen LogP contribution in [0, 0.1) is 35.0 Å². The molecule has 172 valence electrons. The molecule has 2 atom stereocenters. The molecular formula is C24H35NO6. The van der Waals surface area contributed by atoms with Crippen LogP contribution >= 0.6 is 0 Å². The molecule has 7 heteroatoms. The van der Waals surface area contributed by atoms with Gasteiger partial charge in [-0.1, -0.05) is 11.8 Å². The van der Waals surface area contributed by atoms with Crippen LogP contribution < -0.4 is 0 Å². The minimum Gasteiger partial charge on any atom is -0.481 e. The summed E-state index contributed by atoms with van der Waals surface area (Å²) in [6, 6.07) is 2.09. The number of carboxylic acid groups (broad SMARTS) is 1. The fourth-order valence-electron chi connectivity index (χ4n) is 2.82. The lowest BCUT2D eigenvalue weighted by molar-refractivity contribution is -0.154. The lowest BCUT2D eigenvalue weighted by Crippen LogP contribution is -2.22. The zero-order valence-electron chi connectivity index (χ0n) is 18.4. The molecule has 0 amide bonds. The van der Waals surface area contributed by atoms with E-state index >= 15 is 0 Å². The van der Waals surface area contributed by atoms with Gasteiger partial charge in [-0.15, -0.1) is 11.8 Å². The van der Waals surface area contributed by atoms with E-state index in [0.29, 0.717) is 32.5 Å². The Bertz CT molecular complexity index is 624. The minimum atomic E-state index is -0.770. The number of hydrogen-bond acceptors (Lipinski definition) is 6. The van der Waals surface area contributed by atoms with Crippen molar-refractivity contribution in [1.29, 1.82) is 5.26 Å². The molecule has 2 aliphatic heterocycles. The van der Waals surface area contributed by atoms with Crippen molar-refractivity contribution < 1.29 is 28.8 Å². The SMILES string of the molecule is N#CCCCC#CCOC1CCCCO1.O=C(O)CCCC#CCOC1CCCCO1. The Hall–Kier alpha value is -2.08. The quantitative estimate of drug-likeness (QED) is 0.433. The molecule has 2 heterocycles. The van der Waals surface area contributed by atoms with Gasteiger partial charge in [0.2, 0.25) is 0 Å². The number of carboxylic acids is 1. The molecule has 2 rings (SSSR count). The normalized spacial score (nSPS) is 20.0. The molecule has 0 saturated carbocycles. The molecule has 0 aromatic carbocycles. The van der Waals surface area contributed by atoms with E-state index in [1.54, 1.807) is 0 Å². The molecule has 0 aliphatic carbocycles. The van der Waals surface area contributed by atoms with Crippen LogP contribution in [0.5, 0.6) is 0 Å². The highest BCUT2D eigenvalue weighted by Gasteiger charge is 2.13. The Kier molecular flexibility index (Phi) is 17.3. The Labute approximate surface area is 186 Å². The molecule has 1 N–H and O–H groups in total. The second kappa shape index (κ2) is 19.9. The first-order valence-electron chi connectivity index (χ1n) is 11.2. The molecule has 2 saturated heterocycles. The fraction of sp³-hybridized carbons (Fsp3) is 0.750. The van der Waals surface area contributed by atoms with E-state index in [1.807, 2.05) is 0 Å². The van der Waals surface area contributed by atoms with Crippen LogP contribution in [-0.4, -0.2) is 50.1 Å². The Morgan fingerprint density at radius 1 is 0.839 bits per heavy atom. The number of ether oxygens (including phenoxy) is 4. The molecule has 2 fully saturated rings. The third-order valence-corrected chi connectivity index (χ3v) is 4.49. The number of aliphatic carboxylic acids is 1. The number of hydrogen-bond donors (Lipinski definition) is 1. The molecule has 7 nitrogen and oxygen atoms in total. The topological polar surface area (TPSA) is 98.0 Å². The lowest BCUT2D eigenvalue weighted by Gasteiger charge is -2.21. The van der Waals surface area contributed by atoms with Gasteiger partial charge in [0.1, 0.15) is 13.2 Å². The van der Waals surface area contributed by atoms with Crippen LogP contribution in [0.3, 0.4) is 0 Å². The van der Waals surface area contributed by atoms with E-state index in [9.17, 15) is 4.79 Å². The van der Waals surface area contributed by atoms with Crippen LogP contribution in [0.4, 0.5) is 0 Å². The van der Waals surface area contributed by atoms with Gasteiger partial charge in [0, 0.05) is 38.9 Å². The van der Waals surface area contributed by atoms with E-state index in [2.05, 4.69) is 29.8 Å². The standard InChI is InChI=1S/C12H17NO2.C12H18O4/c13-9-5-2-1-3-6-10-14-12-8-4-7-11-15-12;13-11(14)7-3-1-2-5-9-15-12-8-4-6-10-16-12/h12H,1-2,4-5,7-8,10-11H2;12H,1,3-4,6-10H2,(H,13,14). The summed E-state index contributed by atoms with van der Waals surface area (Å²) in [6.45, 7) is 2.39. The van der Waals surface area contributed by atoms with Crippen molar-refractivity contribution in [3.8, 4) is 29.8 Å². The number of nitrogens with zero attached hydrogens (tertiary/aromatic N) is 1. The van der Waals surface area contributed by atoms with Crippen molar-refractivity contribution in [2.45, 2.75) is 89.6 Å². The molecule has 2 aliphatic rings. The van der Waals surface area contributed by atoms with Gasteiger partial charge < -0.3 is 24.1 Å². The maximum absolute atomic E-state index is 10.2. The molecule has 31 heavy (non-hydrogen) atoms. The maximum atomic E-state index is 10.2. The average molecular weight is 434 g/mol. The van der Waals surface area contributed by atoms with E-state index < -0.39 is 5.97 Å². The number of unbranched alkanes of at least 4 members (excludes halogenated alkanes) is 3. The van der Waals surface area contributed by atoms with Crippen LogP contribution in [0.2, 0.25) is 0 Å². The first-order chi connectivity index (χ1) is 15.2. The second-order valence-corrected chi connectivity index (χ2v) is 7.18. The molecule has 0 spiro atoms. The maximum Gasteiger partial charge on any atom is 0.303 e. The molecule has 0 aromatic rings. The largest absolute Gasteiger partial charge is 0.481 e. The summed E-state index contributed by atoms with van der Waals surface area (Å²) in [4.78, 5) is 10.2. The number of nitriles is 1. The van der Waals surface area contributed by atoms with Gasteiger partial charge in [-0.2, -0.15) is 5.26 Å². The van der Waals surface area contributed by atoms with Crippen molar-refractivity contribution in [1.82, 2.24) is 0 Å². The van der Waals surface area contributed by atoms with E-state index in [0.717, 1.165) is 58.2 Å². The Balaban J connectivity index is 0.000000311. The molecular weight excluding hydrogens is 398 g/mol. The smallest absolute Gasteiger partial charge is 0.303 e. The van der Waals surface area contributed by atoms with Crippen molar-refractivity contribution in [3.63, 3.8) is 0 Å². The summed E-state index contributed by atoms with van der Waals surface area (Å²) in [5, 5.41) is 16.7. The predicted molar refractivity (Wildman–Crippen MR) is 116 cm³/mol. The highest BCUT2D eigenvalue weighted by Crippen LogP contribution is 2.13. The molecule has 0 bridgehead atoms. The van der Waals surface area contributed by atoms with Gasteiger partial charge in [0.05, 0.1) is 6.07 Å². The zero-order valence-corrected chi connectivity index (χ0v) is 18.4. The summed E-state index contributed by atoms with van der Waals surface area (Å²) in [6.07, 6.45) is 9.97. The van der Waals surface area contributed by atoms with Gasteiger partial charge in [-0.05, 0) is 51.4 Å². The summed E-state index contributed by atoms with van der Waals surface area (Å²) >= 11 is 0. The molecule has 2 unspecified atom stereocenters. The van der Waals surface area contributed by atoms with E-state index in [-0.39, 0.29) is 19.0 Å². The van der Waals surface area contributed by atoms with Gasteiger partial charge in [0.15, 0.2) is 12.6 Å². The summed E-state index contributed by atoms with van der Waals surface area (Å²) in [5.41, 5.74) is 0. The van der Waals surface area contributed by atoms with E-state index in [1.165, 1.54) is 6.42 Å². The fourth-order valence-corrected chi connectivity index (χ4v) is 2.82. The lowest BCUT2D eigenvalue weighted by atomic mass is 10.2. The van der Waals surface area contributed by atoms with Gasteiger partial charge in [0.25, 0.3) is 0 Å². The van der Waals surface area contributed by atoms with Crippen molar-refractivity contribution in [3.05, 3.63) is 0 Å². The molecule has 0 radical (unpaired) electrons. The second-order valence-electron chi connectivity index (χ2n) is 7.18. The number of carbonyl (C=O) groups is 1. The molecule has 0 aromatic heterocycles. The van der Waals surface area contributed by atoms with Crippen LogP contribution in [0.15, 0.2) is 0 Å². The highest BCUT2D eigenvalue weighted by atomic mass is 16.7. The Morgan fingerprint density at radius 2 is 1.39 bits per heavy atom.